The minimum absolute atomic E-state index is 0.0524. The van der Waals surface area contributed by atoms with Crippen molar-refractivity contribution in [2.24, 2.45) is 5.92 Å². The van der Waals surface area contributed by atoms with Gasteiger partial charge in [-0.15, -0.1) is 0 Å². The van der Waals surface area contributed by atoms with E-state index in [0.717, 1.165) is 47.5 Å². The van der Waals surface area contributed by atoms with Crippen molar-refractivity contribution < 1.29 is 4.79 Å². The quantitative estimate of drug-likeness (QED) is 0.469. The number of carbonyl (C=O) groups excluding carboxylic acids is 1. The molecule has 3 heterocycles. The summed E-state index contributed by atoms with van der Waals surface area (Å²) >= 11 is 0. The number of fused-ring (bicyclic) bond motifs is 1. The standard InChI is InChI=1S/C28H31N5O/c1-19-6-9-22(10-7-19)17-30-28(34)24-5-4-13-32(18-24)27-26-16-25(31-33(26)14-12-29-27)23-11-8-20(2)21(3)15-23/h6-12,14-16,24H,4-5,13,17-18H2,1-3H3,(H,30,34)/t24-/m0/s1. The summed E-state index contributed by atoms with van der Waals surface area (Å²) in [5, 5.41) is 7.93. The van der Waals surface area contributed by atoms with Gasteiger partial charge in [0.25, 0.3) is 0 Å². The van der Waals surface area contributed by atoms with Gasteiger partial charge in [-0.25, -0.2) is 9.50 Å². The number of aryl methyl sites for hydroxylation is 3. The van der Waals surface area contributed by atoms with E-state index in [9.17, 15) is 4.79 Å². The largest absolute Gasteiger partial charge is 0.354 e. The molecule has 4 aromatic rings. The molecule has 1 saturated heterocycles. The molecule has 34 heavy (non-hydrogen) atoms. The van der Waals surface area contributed by atoms with Crippen LogP contribution in [0.25, 0.3) is 16.8 Å². The average molecular weight is 454 g/mol. The summed E-state index contributed by atoms with van der Waals surface area (Å²) in [6, 6.07) is 16.8. The Kier molecular flexibility index (Phi) is 6.05. The zero-order valence-corrected chi connectivity index (χ0v) is 20.1. The van der Waals surface area contributed by atoms with E-state index in [1.54, 1.807) is 6.20 Å². The maximum Gasteiger partial charge on any atom is 0.225 e. The monoisotopic (exact) mass is 453 g/mol. The summed E-state index contributed by atoms with van der Waals surface area (Å²) < 4.78 is 1.90. The molecular weight excluding hydrogens is 422 g/mol. The first-order valence-electron chi connectivity index (χ1n) is 12.0. The molecule has 6 nitrogen and oxygen atoms in total. The highest BCUT2D eigenvalue weighted by atomic mass is 16.1. The van der Waals surface area contributed by atoms with Crippen LogP contribution in [0, 0.1) is 26.7 Å². The number of carbonyl (C=O) groups is 1. The van der Waals surface area contributed by atoms with Crippen molar-refractivity contribution in [1.82, 2.24) is 19.9 Å². The van der Waals surface area contributed by atoms with E-state index in [1.165, 1.54) is 16.7 Å². The SMILES string of the molecule is Cc1ccc(CNC(=O)[C@H]2CCCN(c3nccn4nc(-c5ccc(C)c(C)c5)cc34)C2)cc1. The van der Waals surface area contributed by atoms with E-state index in [1.807, 2.05) is 10.7 Å². The molecule has 1 atom stereocenters. The number of hydrogen-bond donors (Lipinski definition) is 1. The normalized spacial score (nSPS) is 16.1. The van der Waals surface area contributed by atoms with Crippen LogP contribution in [0.5, 0.6) is 0 Å². The van der Waals surface area contributed by atoms with Crippen molar-refractivity contribution in [3.8, 4) is 11.3 Å². The van der Waals surface area contributed by atoms with Crippen LogP contribution in [0.3, 0.4) is 0 Å². The van der Waals surface area contributed by atoms with Gasteiger partial charge < -0.3 is 10.2 Å². The zero-order valence-electron chi connectivity index (χ0n) is 20.1. The third-order valence-electron chi connectivity index (χ3n) is 6.85. The van der Waals surface area contributed by atoms with Crippen molar-refractivity contribution in [3.63, 3.8) is 0 Å². The number of amides is 1. The van der Waals surface area contributed by atoms with Gasteiger partial charge >= 0.3 is 0 Å². The molecule has 1 amide bonds. The number of benzene rings is 2. The second kappa shape index (κ2) is 9.29. The molecule has 1 aliphatic heterocycles. The Morgan fingerprint density at radius 3 is 2.68 bits per heavy atom. The number of nitrogens with zero attached hydrogens (tertiary/aromatic N) is 4. The molecule has 6 heteroatoms. The molecule has 2 aromatic carbocycles. The fourth-order valence-electron chi connectivity index (χ4n) is 4.62. The predicted octanol–water partition coefficient (Wildman–Crippen LogP) is 4.85. The van der Waals surface area contributed by atoms with Crippen molar-refractivity contribution in [2.45, 2.75) is 40.2 Å². The Hall–Kier alpha value is -3.67. The summed E-state index contributed by atoms with van der Waals surface area (Å²) in [5.74, 6) is 0.950. The topological polar surface area (TPSA) is 62.5 Å². The van der Waals surface area contributed by atoms with E-state index in [-0.39, 0.29) is 11.8 Å². The van der Waals surface area contributed by atoms with E-state index in [2.05, 4.69) is 79.5 Å². The van der Waals surface area contributed by atoms with Gasteiger partial charge in [-0.1, -0.05) is 42.0 Å². The minimum atomic E-state index is -0.0524. The van der Waals surface area contributed by atoms with Crippen molar-refractivity contribution in [3.05, 3.63) is 83.2 Å². The van der Waals surface area contributed by atoms with Crippen LogP contribution in [0.15, 0.2) is 60.9 Å². The van der Waals surface area contributed by atoms with E-state index in [0.29, 0.717) is 13.1 Å². The van der Waals surface area contributed by atoms with Crippen LogP contribution in [-0.4, -0.2) is 33.6 Å². The van der Waals surface area contributed by atoms with Crippen LogP contribution >= 0.6 is 0 Å². The fourth-order valence-corrected chi connectivity index (χ4v) is 4.62. The van der Waals surface area contributed by atoms with Crippen molar-refractivity contribution in [2.75, 3.05) is 18.0 Å². The van der Waals surface area contributed by atoms with E-state index >= 15 is 0 Å². The molecule has 0 saturated carbocycles. The molecule has 5 rings (SSSR count). The first-order chi connectivity index (χ1) is 16.5. The lowest BCUT2D eigenvalue weighted by Crippen LogP contribution is -2.43. The van der Waals surface area contributed by atoms with Crippen molar-refractivity contribution in [1.29, 1.82) is 0 Å². The second-order valence-electron chi connectivity index (χ2n) is 9.40. The number of rotatable bonds is 5. The van der Waals surface area contributed by atoms with Gasteiger partial charge in [-0.2, -0.15) is 5.10 Å². The predicted molar refractivity (Wildman–Crippen MR) is 136 cm³/mol. The molecule has 174 valence electrons. The Morgan fingerprint density at radius 2 is 1.88 bits per heavy atom. The van der Waals surface area contributed by atoms with Crippen molar-refractivity contribution >= 4 is 17.2 Å². The smallest absolute Gasteiger partial charge is 0.225 e. The molecule has 0 spiro atoms. The summed E-state index contributed by atoms with van der Waals surface area (Å²) in [4.78, 5) is 19.9. The second-order valence-corrected chi connectivity index (χ2v) is 9.40. The van der Waals surface area contributed by atoms with Gasteiger partial charge in [0.1, 0.15) is 5.52 Å². The Balaban J connectivity index is 1.33. The van der Waals surface area contributed by atoms with Gasteiger partial charge in [-0.3, -0.25) is 4.79 Å². The molecule has 0 radical (unpaired) electrons. The van der Waals surface area contributed by atoms with Gasteiger partial charge in [0.2, 0.25) is 5.91 Å². The molecule has 1 aliphatic rings. The number of aromatic nitrogens is 3. The Bertz CT molecular complexity index is 1320. The highest BCUT2D eigenvalue weighted by Gasteiger charge is 2.27. The van der Waals surface area contributed by atoms with Gasteiger partial charge in [0.15, 0.2) is 5.82 Å². The molecule has 2 aromatic heterocycles. The number of anilines is 1. The third kappa shape index (κ3) is 4.53. The molecule has 0 aliphatic carbocycles. The van der Waals surface area contributed by atoms with Gasteiger partial charge in [-0.05, 0) is 62.4 Å². The van der Waals surface area contributed by atoms with E-state index < -0.39 is 0 Å². The van der Waals surface area contributed by atoms with Gasteiger partial charge in [0.05, 0.1) is 11.6 Å². The maximum atomic E-state index is 13.0. The highest BCUT2D eigenvalue weighted by Crippen LogP contribution is 2.29. The molecule has 1 N–H and O–H groups in total. The van der Waals surface area contributed by atoms with Crippen LogP contribution in [0.4, 0.5) is 5.82 Å². The number of piperidine rings is 1. The number of hydrogen-bond acceptors (Lipinski definition) is 4. The van der Waals surface area contributed by atoms with E-state index in [4.69, 9.17) is 10.1 Å². The molecular formula is C28H31N5O. The summed E-state index contributed by atoms with van der Waals surface area (Å²) in [5.41, 5.74) is 7.87. The lowest BCUT2D eigenvalue weighted by atomic mass is 9.97. The van der Waals surface area contributed by atoms with Crippen LogP contribution in [-0.2, 0) is 11.3 Å². The van der Waals surface area contributed by atoms with Crippen LogP contribution in [0.2, 0.25) is 0 Å². The maximum absolute atomic E-state index is 13.0. The van der Waals surface area contributed by atoms with Crippen LogP contribution < -0.4 is 10.2 Å². The lowest BCUT2D eigenvalue weighted by molar-refractivity contribution is -0.125. The first kappa shape index (κ1) is 22.1. The van der Waals surface area contributed by atoms with Crippen LogP contribution in [0.1, 0.15) is 35.1 Å². The average Bonchev–Trinajstić information content (AvgIpc) is 3.30. The molecule has 0 bridgehead atoms. The van der Waals surface area contributed by atoms with Gasteiger partial charge in [0, 0.05) is 37.6 Å². The third-order valence-corrected chi connectivity index (χ3v) is 6.85. The Morgan fingerprint density at radius 1 is 1.06 bits per heavy atom. The molecule has 1 fully saturated rings. The summed E-state index contributed by atoms with van der Waals surface area (Å²) in [7, 11) is 0. The first-order valence-corrected chi connectivity index (χ1v) is 12.0. The fraction of sp³-hybridized carbons (Fsp3) is 0.321. The lowest BCUT2D eigenvalue weighted by Gasteiger charge is -2.33. The highest BCUT2D eigenvalue weighted by molar-refractivity contribution is 5.81. The molecule has 0 unspecified atom stereocenters. The Labute approximate surface area is 200 Å². The summed E-state index contributed by atoms with van der Waals surface area (Å²) in [6.07, 6.45) is 5.54. The minimum Gasteiger partial charge on any atom is -0.354 e. The zero-order chi connectivity index (χ0) is 23.7. The summed E-state index contributed by atoms with van der Waals surface area (Å²) in [6.45, 7) is 8.42. The number of nitrogens with one attached hydrogen (secondary N) is 1.